The first-order valence-corrected chi connectivity index (χ1v) is 9.96. The number of phenolic OH excluding ortho intramolecular Hbond substituents is 1. The molecule has 1 unspecified atom stereocenters. The number of likely N-dealkylation sites (tertiary alicyclic amines) is 1. The van der Waals surface area contributed by atoms with Crippen molar-refractivity contribution in [3.8, 4) is 11.5 Å². The van der Waals surface area contributed by atoms with Gasteiger partial charge in [0.1, 0.15) is 18.2 Å². The van der Waals surface area contributed by atoms with Crippen LogP contribution in [0.5, 0.6) is 11.5 Å². The summed E-state index contributed by atoms with van der Waals surface area (Å²) in [5, 5.41) is 21.0. The first-order chi connectivity index (χ1) is 13.8. The average molecular weight is 401 g/mol. The summed E-state index contributed by atoms with van der Waals surface area (Å²) in [5.74, 6) is -0.668. The van der Waals surface area contributed by atoms with Crippen LogP contribution in [0.1, 0.15) is 17.5 Å². The van der Waals surface area contributed by atoms with E-state index in [1.54, 1.807) is 12.1 Å². The van der Waals surface area contributed by atoms with Gasteiger partial charge in [-0.25, -0.2) is 4.79 Å². The van der Waals surface area contributed by atoms with Gasteiger partial charge in [-0.3, -0.25) is 4.79 Å². The van der Waals surface area contributed by atoms with E-state index in [0.29, 0.717) is 29.6 Å². The number of carbonyl (C=O) groups excluding carboxylic acids is 2. The van der Waals surface area contributed by atoms with Gasteiger partial charge in [-0.2, -0.15) is 0 Å². The van der Waals surface area contributed by atoms with Crippen molar-refractivity contribution in [3.63, 3.8) is 0 Å². The minimum atomic E-state index is -0.756. The minimum Gasteiger partial charge on any atom is -0.504 e. The summed E-state index contributed by atoms with van der Waals surface area (Å²) < 4.78 is 11.4. The minimum absolute atomic E-state index is 0.0446. The number of rotatable bonds is 3. The first-order valence-electron chi connectivity index (χ1n) is 9.96. The Labute approximate surface area is 168 Å². The molecule has 4 N–H and O–H groups in total. The van der Waals surface area contributed by atoms with Crippen LogP contribution in [0.2, 0.25) is 0 Å². The van der Waals surface area contributed by atoms with Crippen LogP contribution in [0.25, 0.3) is 0 Å². The Morgan fingerprint density at radius 3 is 2.90 bits per heavy atom. The highest BCUT2D eigenvalue weighted by atomic mass is 16.6. The van der Waals surface area contributed by atoms with E-state index in [9.17, 15) is 19.8 Å². The van der Waals surface area contributed by atoms with Crippen molar-refractivity contribution in [3.05, 3.63) is 35.4 Å². The quantitative estimate of drug-likeness (QED) is 0.276. The predicted octanol–water partition coefficient (Wildman–Crippen LogP) is -0.259. The molecule has 154 valence electrons. The number of aliphatic hydroxyl groups is 1. The molecule has 8 heteroatoms. The Morgan fingerprint density at radius 2 is 2.14 bits per heavy atom. The summed E-state index contributed by atoms with van der Waals surface area (Å²) in [6.45, 7) is 0.414. The second-order valence-corrected chi connectivity index (χ2v) is 8.86. The molecule has 0 radical (unpaired) electrons. The second-order valence-electron chi connectivity index (χ2n) is 8.86. The summed E-state index contributed by atoms with van der Waals surface area (Å²) in [4.78, 5) is 23.8. The van der Waals surface area contributed by atoms with Crippen molar-refractivity contribution in [2.45, 2.75) is 36.5 Å². The third-order valence-electron chi connectivity index (χ3n) is 7.43. The van der Waals surface area contributed by atoms with E-state index >= 15 is 0 Å². The van der Waals surface area contributed by atoms with E-state index in [4.69, 9.17) is 15.2 Å². The van der Waals surface area contributed by atoms with Crippen molar-refractivity contribution < 1.29 is 33.8 Å². The fourth-order valence-electron chi connectivity index (χ4n) is 6.19. The van der Waals surface area contributed by atoms with Gasteiger partial charge in [0.25, 0.3) is 0 Å². The number of nitrogens with zero attached hydrogens (tertiary/aromatic N) is 1. The molecular weight excluding hydrogens is 376 g/mol. The van der Waals surface area contributed by atoms with Gasteiger partial charge >= 0.3 is 11.9 Å². The highest BCUT2D eigenvalue weighted by Gasteiger charge is 2.68. The van der Waals surface area contributed by atoms with Gasteiger partial charge in [-0.05, 0) is 11.6 Å². The Hall–Kier alpha value is -2.42. The van der Waals surface area contributed by atoms with E-state index < -0.39 is 29.6 Å². The van der Waals surface area contributed by atoms with Crippen LogP contribution in [0.15, 0.2) is 24.3 Å². The summed E-state index contributed by atoms with van der Waals surface area (Å²) in [6, 6.07) is 3.61. The number of nitrogens with two attached hydrogens (primary N) is 1. The van der Waals surface area contributed by atoms with Gasteiger partial charge < -0.3 is 29.9 Å². The number of piperidine rings is 1. The van der Waals surface area contributed by atoms with E-state index in [0.717, 1.165) is 11.1 Å². The Balaban J connectivity index is 1.57. The molecule has 1 aromatic carbocycles. The maximum absolute atomic E-state index is 12.4. The molecule has 5 rings (SSSR count). The first kappa shape index (κ1) is 18.6. The van der Waals surface area contributed by atoms with Crippen molar-refractivity contribution in [1.29, 1.82) is 0 Å². The molecule has 6 atom stereocenters. The number of hydrogen-bond donors (Lipinski definition) is 3. The van der Waals surface area contributed by atoms with Gasteiger partial charge in [-0.1, -0.05) is 18.2 Å². The lowest BCUT2D eigenvalue weighted by Gasteiger charge is -2.59. The number of phenols is 1. The van der Waals surface area contributed by atoms with E-state index in [2.05, 4.69) is 0 Å². The molecule has 2 bridgehead atoms. The third kappa shape index (κ3) is 2.36. The van der Waals surface area contributed by atoms with Crippen LogP contribution < -0.4 is 10.5 Å². The number of hydrogen-bond acceptors (Lipinski definition) is 7. The molecule has 2 aliphatic carbocycles. The fourth-order valence-corrected chi connectivity index (χ4v) is 6.19. The molecule has 29 heavy (non-hydrogen) atoms. The Bertz CT molecular complexity index is 945. The average Bonchev–Trinajstić information content (AvgIpc) is 3.04. The van der Waals surface area contributed by atoms with E-state index in [1.807, 2.05) is 19.2 Å². The number of likely N-dealkylation sites (N-methyl/N-ethyl adjacent to an activating group) is 1. The van der Waals surface area contributed by atoms with E-state index in [-0.39, 0.29) is 30.8 Å². The molecule has 8 nitrogen and oxygen atoms in total. The molecule has 1 saturated heterocycles. The van der Waals surface area contributed by atoms with E-state index in [1.165, 1.54) is 0 Å². The molecule has 1 fully saturated rings. The maximum Gasteiger partial charge on any atom is 0.369 e. The van der Waals surface area contributed by atoms with Crippen molar-refractivity contribution in [2.75, 3.05) is 26.7 Å². The summed E-state index contributed by atoms with van der Waals surface area (Å²) in [6.07, 6.45) is 4.00. The van der Waals surface area contributed by atoms with Gasteiger partial charge in [-0.15, -0.1) is 0 Å². The number of esters is 2. The number of ether oxygens (including phenoxy) is 2. The van der Waals surface area contributed by atoms with Gasteiger partial charge in [0.2, 0.25) is 0 Å². The largest absolute Gasteiger partial charge is 0.504 e. The molecule has 2 aliphatic heterocycles. The number of benzene rings is 1. The topological polar surface area (TPSA) is 119 Å². The highest BCUT2D eigenvalue weighted by Crippen LogP contribution is 2.63. The van der Waals surface area contributed by atoms with Gasteiger partial charge in [0.15, 0.2) is 18.0 Å². The van der Waals surface area contributed by atoms with Gasteiger partial charge in [0, 0.05) is 24.3 Å². The molecule has 0 saturated carbocycles. The number of quaternary nitrogens is 1. The smallest absolute Gasteiger partial charge is 0.369 e. The summed E-state index contributed by atoms with van der Waals surface area (Å²) in [5.41, 5.74) is 6.93. The molecule has 0 aromatic heterocycles. The van der Waals surface area contributed by atoms with Crippen LogP contribution in [0.3, 0.4) is 0 Å². The molecule has 1 spiro atoms. The normalized spacial score (nSPS) is 38.2. The number of carbonyl (C=O) groups is 2. The number of aromatic hydroxyl groups is 1. The predicted molar refractivity (Wildman–Crippen MR) is 101 cm³/mol. The van der Waals surface area contributed by atoms with Crippen molar-refractivity contribution in [1.82, 2.24) is 0 Å². The van der Waals surface area contributed by atoms with Crippen LogP contribution >= 0.6 is 0 Å². The maximum atomic E-state index is 12.4. The number of aliphatic hydroxyl groups excluding tert-OH is 1. The second kappa shape index (κ2) is 6.04. The van der Waals surface area contributed by atoms with Crippen LogP contribution in [-0.2, 0) is 26.2 Å². The Kier molecular flexibility index (Phi) is 3.87. The standard InChI is InChI=1S/C21H24N2O6/c1-23(10-17(27)28-16(26)9-22)7-6-21-12-3-5-15(25)20(21)29-19-14(24)4-2-11(18(19)21)8-13(12)23/h2-5,12-13,15,20,25H,6-10,22H2,1H3/p+1/t12-,13+,15-,20-,21-,23?/m0/s1. The lowest BCUT2D eigenvalue weighted by atomic mass is 9.52. The zero-order chi connectivity index (χ0) is 20.6. The molecule has 2 heterocycles. The van der Waals surface area contributed by atoms with Crippen LogP contribution in [0, 0.1) is 5.92 Å². The van der Waals surface area contributed by atoms with Gasteiger partial charge in [0.05, 0.1) is 25.6 Å². The monoisotopic (exact) mass is 401 g/mol. The third-order valence-corrected chi connectivity index (χ3v) is 7.43. The van der Waals surface area contributed by atoms with Crippen molar-refractivity contribution >= 4 is 11.9 Å². The van der Waals surface area contributed by atoms with Crippen molar-refractivity contribution in [2.24, 2.45) is 11.7 Å². The highest BCUT2D eigenvalue weighted by molar-refractivity contribution is 5.86. The van der Waals surface area contributed by atoms with Crippen LogP contribution in [0.4, 0.5) is 0 Å². The molecule has 1 aromatic rings. The fraction of sp³-hybridized carbons (Fsp3) is 0.524. The zero-order valence-corrected chi connectivity index (χ0v) is 16.2. The van der Waals surface area contributed by atoms with Crippen LogP contribution in [-0.4, -0.2) is 71.6 Å². The lowest BCUT2D eigenvalue weighted by molar-refractivity contribution is -0.937. The Morgan fingerprint density at radius 1 is 1.34 bits per heavy atom. The molecule has 0 amide bonds. The summed E-state index contributed by atoms with van der Waals surface area (Å²) >= 11 is 0. The lowest BCUT2D eigenvalue weighted by Crippen LogP contribution is -2.72. The molecular formula is C21H25N2O6+. The summed E-state index contributed by atoms with van der Waals surface area (Å²) in [7, 11) is 2.02. The molecule has 4 aliphatic rings. The zero-order valence-electron chi connectivity index (χ0n) is 16.2. The SMILES string of the molecule is C[N+]1(CC(=O)OC(=O)CN)CC[C@]23c4c5ccc(O)c4O[C@H]2[C@@H](O)C=C[C@H]3[C@H]1C5.